The smallest absolute Gasteiger partial charge is 0.410 e. The molecule has 0 unspecified atom stereocenters. The van der Waals surface area contributed by atoms with Crippen LogP contribution in [0.2, 0.25) is 0 Å². The van der Waals surface area contributed by atoms with Gasteiger partial charge in [0.05, 0.1) is 26.3 Å². The number of likely N-dealkylation sites (tertiary alicyclic amines) is 1. The fourth-order valence-electron chi connectivity index (χ4n) is 4.15. The summed E-state index contributed by atoms with van der Waals surface area (Å²) in [5.74, 6) is 2.29. The van der Waals surface area contributed by atoms with Gasteiger partial charge in [0, 0.05) is 19.2 Å². The Labute approximate surface area is 204 Å². The van der Waals surface area contributed by atoms with E-state index in [9.17, 15) is 4.79 Å². The van der Waals surface area contributed by atoms with Crippen molar-refractivity contribution in [2.45, 2.75) is 51.8 Å². The van der Waals surface area contributed by atoms with Crippen molar-refractivity contribution in [3.8, 4) is 11.5 Å². The summed E-state index contributed by atoms with van der Waals surface area (Å²) in [6.45, 7) is 8.63. The number of carbonyl (C=O) groups is 1. The van der Waals surface area contributed by atoms with Gasteiger partial charge in [0.1, 0.15) is 34.6 Å². The molecule has 0 spiro atoms. The lowest BCUT2D eigenvalue weighted by Crippen LogP contribution is -2.35. The van der Waals surface area contributed by atoms with E-state index in [1.54, 1.807) is 19.1 Å². The molecule has 11 nitrogen and oxygen atoms in total. The monoisotopic (exact) mass is 483 g/mol. The number of fused-ring (bicyclic) bond motifs is 1. The molecule has 1 amide bonds. The van der Waals surface area contributed by atoms with Gasteiger partial charge in [-0.05, 0) is 51.8 Å². The molecule has 1 aromatic carbocycles. The Hall–Kier alpha value is -3.76. The first-order valence-corrected chi connectivity index (χ1v) is 11.6. The topological polar surface area (TPSA) is 130 Å². The molecule has 0 radical (unpaired) electrons. The Morgan fingerprint density at radius 3 is 2.49 bits per heavy atom. The molecule has 2 aromatic heterocycles. The zero-order chi connectivity index (χ0) is 25.3. The molecule has 0 aliphatic carbocycles. The standard InChI is InChI=1S/C24H33N7O4/c1-14(15-9-17(33-5)11-18(10-15)34-6)28-21-19-20(25)26-13-27-22(19)31(29-21)16-7-8-30(12-16)23(32)35-24(2,3)4/h9-11,13-14,16H,7-8,12H2,1-6H3,(H,28,29)(H2,25,26,27)/t14-,16-/m0/s1. The van der Waals surface area contributed by atoms with E-state index in [0.29, 0.717) is 47.3 Å². The van der Waals surface area contributed by atoms with E-state index in [-0.39, 0.29) is 18.2 Å². The van der Waals surface area contributed by atoms with Crippen molar-refractivity contribution in [1.82, 2.24) is 24.6 Å². The minimum atomic E-state index is -0.550. The predicted octanol–water partition coefficient (Wildman–Crippen LogP) is 3.78. The largest absolute Gasteiger partial charge is 0.497 e. The molecule has 11 heteroatoms. The van der Waals surface area contributed by atoms with Gasteiger partial charge in [0.15, 0.2) is 11.5 Å². The number of nitrogens with zero attached hydrogens (tertiary/aromatic N) is 5. The van der Waals surface area contributed by atoms with E-state index in [1.807, 2.05) is 50.6 Å². The van der Waals surface area contributed by atoms with Gasteiger partial charge >= 0.3 is 6.09 Å². The number of carbonyl (C=O) groups excluding carboxylic acids is 1. The van der Waals surface area contributed by atoms with E-state index in [4.69, 9.17) is 25.0 Å². The summed E-state index contributed by atoms with van der Waals surface area (Å²) in [6, 6.07) is 5.49. The first kappa shape index (κ1) is 24.4. The van der Waals surface area contributed by atoms with Gasteiger partial charge in [-0.3, -0.25) is 0 Å². The molecule has 1 saturated heterocycles. The number of aromatic nitrogens is 4. The number of nitrogens with one attached hydrogen (secondary N) is 1. The highest BCUT2D eigenvalue weighted by Gasteiger charge is 2.33. The summed E-state index contributed by atoms with van der Waals surface area (Å²) in [5, 5.41) is 8.92. The van der Waals surface area contributed by atoms with Crippen LogP contribution in [0.15, 0.2) is 24.5 Å². The van der Waals surface area contributed by atoms with Gasteiger partial charge in [0.25, 0.3) is 0 Å². The van der Waals surface area contributed by atoms with E-state index in [1.165, 1.54) is 6.33 Å². The highest BCUT2D eigenvalue weighted by molar-refractivity contribution is 5.96. The molecule has 3 aromatic rings. The molecule has 4 rings (SSSR count). The summed E-state index contributed by atoms with van der Waals surface area (Å²) in [6.07, 6.45) is 1.82. The van der Waals surface area contributed by atoms with E-state index < -0.39 is 5.60 Å². The number of hydrogen-bond donors (Lipinski definition) is 2. The number of hydrogen-bond acceptors (Lipinski definition) is 9. The maximum absolute atomic E-state index is 12.6. The van der Waals surface area contributed by atoms with Crippen LogP contribution in [0.3, 0.4) is 0 Å². The van der Waals surface area contributed by atoms with Crippen molar-refractivity contribution in [2.24, 2.45) is 0 Å². The van der Waals surface area contributed by atoms with Crippen LogP contribution in [-0.4, -0.2) is 63.7 Å². The third kappa shape index (κ3) is 5.18. The Morgan fingerprint density at radius 1 is 1.17 bits per heavy atom. The average molecular weight is 484 g/mol. The highest BCUT2D eigenvalue weighted by atomic mass is 16.6. The van der Waals surface area contributed by atoms with Crippen molar-refractivity contribution < 1.29 is 19.0 Å². The summed E-state index contributed by atoms with van der Waals surface area (Å²) in [7, 11) is 3.23. The van der Waals surface area contributed by atoms with E-state index >= 15 is 0 Å². The first-order valence-electron chi connectivity index (χ1n) is 11.6. The summed E-state index contributed by atoms with van der Waals surface area (Å²) in [4.78, 5) is 22.9. The molecule has 3 heterocycles. The van der Waals surface area contributed by atoms with Crippen LogP contribution in [0.5, 0.6) is 11.5 Å². The van der Waals surface area contributed by atoms with Crippen molar-refractivity contribution in [3.05, 3.63) is 30.1 Å². The third-order valence-corrected chi connectivity index (χ3v) is 5.91. The van der Waals surface area contributed by atoms with Crippen LogP contribution in [0.1, 0.15) is 51.8 Å². The molecular weight excluding hydrogens is 450 g/mol. The zero-order valence-corrected chi connectivity index (χ0v) is 21.0. The average Bonchev–Trinajstić information content (AvgIpc) is 3.43. The minimum absolute atomic E-state index is 0.0675. The van der Waals surface area contributed by atoms with Crippen molar-refractivity contribution >= 4 is 28.8 Å². The second kappa shape index (κ2) is 9.47. The number of nitrogen functional groups attached to an aromatic ring is 1. The van der Waals surface area contributed by atoms with Crippen molar-refractivity contribution in [2.75, 3.05) is 38.4 Å². The van der Waals surface area contributed by atoms with Gasteiger partial charge in [-0.25, -0.2) is 19.4 Å². The number of benzene rings is 1. The van der Waals surface area contributed by atoms with Gasteiger partial charge in [-0.2, -0.15) is 5.10 Å². The van der Waals surface area contributed by atoms with Crippen LogP contribution >= 0.6 is 0 Å². The SMILES string of the molecule is COc1cc(OC)cc([C@H](C)Nc2nn([C@H]3CCN(C(=O)OC(C)(C)C)C3)c3ncnc(N)c23)c1. The molecular formula is C24H33N7O4. The molecule has 1 aliphatic heterocycles. The minimum Gasteiger partial charge on any atom is -0.497 e. The Bertz CT molecular complexity index is 1200. The number of methoxy groups -OCH3 is 2. The summed E-state index contributed by atoms with van der Waals surface area (Å²) >= 11 is 0. The van der Waals surface area contributed by atoms with E-state index in [2.05, 4.69) is 15.3 Å². The molecule has 188 valence electrons. The van der Waals surface area contributed by atoms with Gasteiger partial charge in [-0.15, -0.1) is 0 Å². The molecule has 1 fully saturated rings. The van der Waals surface area contributed by atoms with Gasteiger partial charge < -0.3 is 30.2 Å². The Balaban J connectivity index is 1.62. The molecule has 0 bridgehead atoms. The van der Waals surface area contributed by atoms with Crippen molar-refractivity contribution in [1.29, 1.82) is 0 Å². The predicted molar refractivity (Wildman–Crippen MR) is 133 cm³/mol. The number of anilines is 2. The fourth-order valence-corrected chi connectivity index (χ4v) is 4.15. The molecule has 2 atom stereocenters. The van der Waals surface area contributed by atoms with Crippen molar-refractivity contribution in [3.63, 3.8) is 0 Å². The molecule has 1 aliphatic rings. The number of nitrogens with two attached hydrogens (primary N) is 1. The Kier molecular flexibility index (Phi) is 6.60. The number of ether oxygens (including phenoxy) is 3. The fraction of sp³-hybridized carbons (Fsp3) is 0.500. The van der Waals surface area contributed by atoms with Crippen LogP contribution in [-0.2, 0) is 4.74 Å². The van der Waals surface area contributed by atoms with E-state index in [0.717, 1.165) is 12.0 Å². The maximum atomic E-state index is 12.6. The van der Waals surface area contributed by atoms with Crippen LogP contribution in [0.4, 0.5) is 16.4 Å². The third-order valence-electron chi connectivity index (χ3n) is 5.91. The van der Waals surface area contributed by atoms with Crippen LogP contribution in [0.25, 0.3) is 11.0 Å². The lowest BCUT2D eigenvalue weighted by Gasteiger charge is -2.24. The van der Waals surface area contributed by atoms with Crippen LogP contribution < -0.4 is 20.5 Å². The maximum Gasteiger partial charge on any atom is 0.410 e. The number of amides is 1. The molecule has 35 heavy (non-hydrogen) atoms. The van der Waals surface area contributed by atoms with Gasteiger partial charge in [0.2, 0.25) is 0 Å². The molecule has 0 saturated carbocycles. The quantitative estimate of drug-likeness (QED) is 0.538. The summed E-state index contributed by atoms with van der Waals surface area (Å²) < 4.78 is 18.2. The lowest BCUT2D eigenvalue weighted by molar-refractivity contribution is 0.0288. The highest BCUT2D eigenvalue weighted by Crippen LogP contribution is 2.34. The molecule has 3 N–H and O–H groups in total. The number of rotatable bonds is 6. The second-order valence-electron chi connectivity index (χ2n) is 9.63. The normalized spacial score (nSPS) is 16.9. The lowest BCUT2D eigenvalue weighted by atomic mass is 10.1. The first-order chi connectivity index (χ1) is 16.6. The summed E-state index contributed by atoms with van der Waals surface area (Å²) in [5.41, 5.74) is 7.27. The Morgan fingerprint density at radius 2 is 1.86 bits per heavy atom. The zero-order valence-electron chi connectivity index (χ0n) is 21.0. The van der Waals surface area contributed by atoms with Gasteiger partial charge in [-0.1, -0.05) is 0 Å². The van der Waals surface area contributed by atoms with Crippen LogP contribution in [0, 0.1) is 0 Å². The second-order valence-corrected chi connectivity index (χ2v) is 9.63.